The first-order valence-electron chi connectivity index (χ1n) is 6.67. The van der Waals surface area contributed by atoms with Crippen LogP contribution in [-0.4, -0.2) is 24.1 Å². The zero-order chi connectivity index (χ0) is 14.2. The largest absolute Gasteiger partial charge is 0.506 e. The lowest BCUT2D eigenvalue weighted by atomic mass is 9.86. The van der Waals surface area contributed by atoms with E-state index in [-0.39, 0.29) is 23.0 Å². The average Bonchev–Trinajstić information content (AvgIpc) is 2.69. The molecule has 1 saturated heterocycles. The maximum atomic E-state index is 12.0. The van der Waals surface area contributed by atoms with E-state index in [1.165, 1.54) is 0 Å². The number of benzene rings is 1. The summed E-state index contributed by atoms with van der Waals surface area (Å²) in [4.78, 5) is 13.7. The Labute approximate surface area is 114 Å². The second-order valence-corrected chi connectivity index (χ2v) is 6.26. The predicted molar refractivity (Wildman–Crippen MR) is 76.3 cm³/mol. The number of nitrogens with two attached hydrogens (primary N) is 1. The third-order valence-corrected chi connectivity index (χ3v) is 3.67. The van der Waals surface area contributed by atoms with Gasteiger partial charge < -0.3 is 15.7 Å². The van der Waals surface area contributed by atoms with Gasteiger partial charge in [0, 0.05) is 13.0 Å². The van der Waals surface area contributed by atoms with Crippen LogP contribution in [-0.2, 0) is 10.2 Å². The first-order chi connectivity index (χ1) is 8.82. The molecule has 0 spiro atoms. The van der Waals surface area contributed by atoms with E-state index in [0.29, 0.717) is 25.2 Å². The zero-order valence-electron chi connectivity index (χ0n) is 11.8. The molecule has 1 aliphatic rings. The molecule has 1 atom stereocenters. The number of nitrogens with zero attached hydrogens (tertiary/aromatic N) is 1. The average molecular weight is 262 g/mol. The smallest absolute Gasteiger partial charge is 0.227 e. The van der Waals surface area contributed by atoms with Gasteiger partial charge in [-0.3, -0.25) is 4.79 Å². The molecule has 1 aromatic carbocycles. The molecule has 1 unspecified atom stereocenters. The van der Waals surface area contributed by atoms with E-state index in [2.05, 4.69) is 20.8 Å². The van der Waals surface area contributed by atoms with Gasteiger partial charge in [0.25, 0.3) is 0 Å². The van der Waals surface area contributed by atoms with Gasteiger partial charge in [0.2, 0.25) is 5.91 Å². The van der Waals surface area contributed by atoms with E-state index < -0.39 is 0 Å². The molecule has 104 valence electrons. The van der Waals surface area contributed by atoms with Crippen LogP contribution < -0.4 is 10.6 Å². The van der Waals surface area contributed by atoms with E-state index in [0.717, 1.165) is 5.56 Å². The summed E-state index contributed by atoms with van der Waals surface area (Å²) in [5.74, 6) is 0.376. The molecule has 3 N–H and O–H groups in total. The molecule has 0 radical (unpaired) electrons. The summed E-state index contributed by atoms with van der Waals surface area (Å²) in [6, 6.07) is 5.48. The number of rotatable bonds is 2. The van der Waals surface area contributed by atoms with Crippen molar-refractivity contribution < 1.29 is 9.90 Å². The highest BCUT2D eigenvalue weighted by molar-refractivity contribution is 5.97. The topological polar surface area (TPSA) is 66.6 Å². The molecule has 1 aromatic rings. The lowest BCUT2D eigenvalue weighted by Gasteiger charge is -2.24. The Morgan fingerprint density at radius 1 is 1.42 bits per heavy atom. The molecule has 1 heterocycles. The number of carbonyl (C=O) groups is 1. The van der Waals surface area contributed by atoms with Crippen molar-refractivity contribution in [3.63, 3.8) is 0 Å². The fraction of sp³-hybridized carbons (Fsp3) is 0.533. The molecule has 0 saturated carbocycles. The van der Waals surface area contributed by atoms with Gasteiger partial charge in [0.15, 0.2) is 0 Å². The molecule has 2 rings (SSSR count). The highest BCUT2D eigenvalue weighted by atomic mass is 16.3. The van der Waals surface area contributed by atoms with Crippen LogP contribution in [0.4, 0.5) is 5.69 Å². The second kappa shape index (κ2) is 4.85. The quantitative estimate of drug-likeness (QED) is 0.856. The number of phenols is 1. The SMILES string of the molecule is CC(C)(C)c1ccc(O)c(N2CC(CN)CC2=O)c1. The molecule has 1 fully saturated rings. The summed E-state index contributed by atoms with van der Waals surface area (Å²) in [5, 5.41) is 10.0. The number of anilines is 1. The molecular weight excluding hydrogens is 240 g/mol. The van der Waals surface area contributed by atoms with Crippen LogP contribution in [0.3, 0.4) is 0 Å². The van der Waals surface area contributed by atoms with Gasteiger partial charge >= 0.3 is 0 Å². The van der Waals surface area contributed by atoms with Crippen molar-refractivity contribution in [1.29, 1.82) is 0 Å². The number of carbonyl (C=O) groups excluding carboxylic acids is 1. The molecule has 0 bridgehead atoms. The molecule has 19 heavy (non-hydrogen) atoms. The standard InChI is InChI=1S/C15H22N2O2/c1-15(2,3)11-4-5-13(18)12(7-11)17-9-10(8-16)6-14(17)19/h4-5,7,10,18H,6,8-9,16H2,1-3H3. The highest BCUT2D eigenvalue weighted by Gasteiger charge is 2.31. The Hall–Kier alpha value is -1.55. The zero-order valence-corrected chi connectivity index (χ0v) is 11.8. The van der Waals surface area contributed by atoms with Crippen LogP contribution in [0, 0.1) is 5.92 Å². The van der Waals surface area contributed by atoms with Crippen LogP contribution in [0.1, 0.15) is 32.8 Å². The van der Waals surface area contributed by atoms with Crippen LogP contribution in [0.25, 0.3) is 0 Å². The van der Waals surface area contributed by atoms with Gasteiger partial charge in [-0.25, -0.2) is 0 Å². The molecular formula is C15H22N2O2. The van der Waals surface area contributed by atoms with Crippen molar-refractivity contribution in [3.8, 4) is 5.75 Å². The Morgan fingerprint density at radius 2 is 2.11 bits per heavy atom. The van der Waals surface area contributed by atoms with Gasteiger partial charge in [-0.15, -0.1) is 0 Å². The summed E-state index contributed by atoms with van der Waals surface area (Å²) < 4.78 is 0. The summed E-state index contributed by atoms with van der Waals surface area (Å²) in [7, 11) is 0. The summed E-state index contributed by atoms with van der Waals surface area (Å²) in [6.45, 7) is 7.42. The van der Waals surface area contributed by atoms with Gasteiger partial charge in [0.1, 0.15) is 5.75 Å². The number of phenolic OH excluding ortho intramolecular Hbond substituents is 1. The third kappa shape index (κ3) is 2.73. The minimum atomic E-state index is -0.0154. The normalized spacial score (nSPS) is 20.1. The fourth-order valence-corrected chi connectivity index (χ4v) is 2.38. The third-order valence-electron chi connectivity index (χ3n) is 3.67. The van der Waals surface area contributed by atoms with Crippen LogP contribution in [0.5, 0.6) is 5.75 Å². The molecule has 0 aromatic heterocycles. The first kappa shape index (κ1) is 13.9. The van der Waals surface area contributed by atoms with Gasteiger partial charge in [0.05, 0.1) is 5.69 Å². The lowest BCUT2D eigenvalue weighted by Crippen LogP contribution is -2.26. The van der Waals surface area contributed by atoms with Gasteiger partial charge in [-0.1, -0.05) is 26.8 Å². The number of amides is 1. The first-order valence-corrected chi connectivity index (χ1v) is 6.67. The molecule has 4 heteroatoms. The maximum Gasteiger partial charge on any atom is 0.227 e. The predicted octanol–water partition coefficient (Wildman–Crippen LogP) is 2.00. The van der Waals surface area contributed by atoms with E-state index in [9.17, 15) is 9.90 Å². The van der Waals surface area contributed by atoms with Crippen molar-refractivity contribution in [2.24, 2.45) is 11.7 Å². The summed E-state index contributed by atoms with van der Waals surface area (Å²) in [6.07, 6.45) is 0.468. The Morgan fingerprint density at radius 3 is 2.63 bits per heavy atom. The summed E-state index contributed by atoms with van der Waals surface area (Å²) >= 11 is 0. The van der Waals surface area contributed by atoms with E-state index in [1.807, 2.05) is 12.1 Å². The number of aromatic hydroxyl groups is 1. The molecule has 1 amide bonds. The van der Waals surface area contributed by atoms with Crippen LogP contribution >= 0.6 is 0 Å². The van der Waals surface area contributed by atoms with Crippen molar-refractivity contribution in [2.75, 3.05) is 18.0 Å². The molecule has 1 aliphatic heterocycles. The number of hydrogen-bond acceptors (Lipinski definition) is 3. The minimum Gasteiger partial charge on any atom is -0.506 e. The Bertz CT molecular complexity index is 491. The van der Waals surface area contributed by atoms with Crippen molar-refractivity contribution >= 4 is 11.6 Å². The van der Waals surface area contributed by atoms with Crippen molar-refractivity contribution in [1.82, 2.24) is 0 Å². The van der Waals surface area contributed by atoms with Crippen molar-refractivity contribution in [3.05, 3.63) is 23.8 Å². The van der Waals surface area contributed by atoms with E-state index >= 15 is 0 Å². The summed E-state index contributed by atoms with van der Waals surface area (Å²) in [5.41, 5.74) is 7.32. The van der Waals surface area contributed by atoms with Gasteiger partial charge in [-0.2, -0.15) is 0 Å². The van der Waals surface area contributed by atoms with E-state index in [4.69, 9.17) is 5.73 Å². The molecule has 0 aliphatic carbocycles. The Balaban J connectivity index is 2.37. The monoisotopic (exact) mass is 262 g/mol. The van der Waals surface area contributed by atoms with E-state index in [1.54, 1.807) is 11.0 Å². The Kier molecular flexibility index (Phi) is 3.54. The minimum absolute atomic E-state index is 0.0154. The number of hydrogen-bond donors (Lipinski definition) is 2. The van der Waals surface area contributed by atoms with Crippen LogP contribution in [0.15, 0.2) is 18.2 Å². The second-order valence-electron chi connectivity index (χ2n) is 6.26. The fourth-order valence-electron chi connectivity index (χ4n) is 2.38. The lowest BCUT2D eigenvalue weighted by molar-refractivity contribution is -0.117. The van der Waals surface area contributed by atoms with Crippen molar-refractivity contribution in [2.45, 2.75) is 32.6 Å². The van der Waals surface area contributed by atoms with Crippen LogP contribution in [0.2, 0.25) is 0 Å². The van der Waals surface area contributed by atoms with Gasteiger partial charge in [-0.05, 0) is 35.6 Å². The highest BCUT2D eigenvalue weighted by Crippen LogP contribution is 2.36. The molecule has 4 nitrogen and oxygen atoms in total. The maximum absolute atomic E-state index is 12.0.